The molecule has 0 bridgehead atoms. The Labute approximate surface area is 76.6 Å². The van der Waals surface area contributed by atoms with Crippen LogP contribution in [0.2, 0.25) is 0 Å². The minimum atomic E-state index is -0.715. The van der Waals surface area contributed by atoms with E-state index in [1.54, 1.807) is 26.0 Å². The highest BCUT2D eigenvalue weighted by molar-refractivity contribution is 6.00. The molecule has 0 fully saturated rings. The number of nitrogens with zero attached hydrogens (tertiary/aromatic N) is 1. The molecule has 0 aliphatic carbocycles. The molecule has 1 heterocycles. The summed E-state index contributed by atoms with van der Waals surface area (Å²) in [6, 6.07) is 7.13. The van der Waals surface area contributed by atoms with Crippen LogP contribution in [0.25, 0.3) is 0 Å². The average Bonchev–Trinajstić information content (AvgIpc) is 2.30. The van der Waals surface area contributed by atoms with Gasteiger partial charge >= 0.3 is 0 Å². The maximum atomic E-state index is 11.5. The Bertz CT molecular complexity index is 371. The minimum Gasteiger partial charge on any atom is -0.755 e. The molecule has 13 heavy (non-hydrogen) atoms. The van der Waals surface area contributed by atoms with E-state index in [0.717, 1.165) is 5.56 Å². The molecule has 0 saturated heterocycles. The standard InChI is InChI=1S/C10H10NO2/c1-10(2)8-6-4-3-5-7(8)9(12)11(10)13/h3-6H,1-2H3/q-1. The van der Waals surface area contributed by atoms with E-state index in [1.807, 2.05) is 12.1 Å². The van der Waals surface area contributed by atoms with Gasteiger partial charge in [-0.1, -0.05) is 18.2 Å². The Morgan fingerprint density at radius 2 is 1.92 bits per heavy atom. The second kappa shape index (κ2) is 2.33. The van der Waals surface area contributed by atoms with Crippen molar-refractivity contribution in [2.45, 2.75) is 19.4 Å². The first kappa shape index (κ1) is 8.26. The molecule has 0 unspecified atom stereocenters. The fourth-order valence-electron chi connectivity index (χ4n) is 1.68. The van der Waals surface area contributed by atoms with E-state index < -0.39 is 11.4 Å². The molecule has 3 nitrogen and oxygen atoms in total. The second-order valence-corrected chi connectivity index (χ2v) is 3.70. The van der Waals surface area contributed by atoms with Crippen molar-refractivity contribution in [3.05, 3.63) is 40.6 Å². The van der Waals surface area contributed by atoms with Crippen LogP contribution in [0.15, 0.2) is 24.3 Å². The lowest BCUT2D eigenvalue weighted by Gasteiger charge is -2.37. The summed E-state index contributed by atoms with van der Waals surface area (Å²) < 4.78 is 0. The maximum Gasteiger partial charge on any atom is 0.244 e. The lowest BCUT2D eigenvalue weighted by molar-refractivity contribution is 0.0739. The van der Waals surface area contributed by atoms with Gasteiger partial charge in [0.05, 0.1) is 5.54 Å². The number of hydrogen-bond acceptors (Lipinski definition) is 2. The lowest BCUT2D eigenvalue weighted by atomic mass is 9.95. The third-order valence-corrected chi connectivity index (χ3v) is 2.51. The lowest BCUT2D eigenvalue weighted by Crippen LogP contribution is -2.33. The highest BCUT2D eigenvalue weighted by Crippen LogP contribution is 2.37. The van der Waals surface area contributed by atoms with Crippen molar-refractivity contribution in [1.82, 2.24) is 5.06 Å². The highest BCUT2D eigenvalue weighted by Gasteiger charge is 2.36. The van der Waals surface area contributed by atoms with Gasteiger partial charge in [-0.25, -0.2) is 0 Å². The first-order valence-corrected chi connectivity index (χ1v) is 4.16. The number of rotatable bonds is 0. The van der Waals surface area contributed by atoms with Gasteiger partial charge in [0.1, 0.15) is 0 Å². The smallest absolute Gasteiger partial charge is 0.244 e. The summed E-state index contributed by atoms with van der Waals surface area (Å²) in [4.78, 5) is 11.4. The van der Waals surface area contributed by atoms with Crippen molar-refractivity contribution in [2.75, 3.05) is 0 Å². The van der Waals surface area contributed by atoms with E-state index >= 15 is 0 Å². The Kier molecular flexibility index (Phi) is 1.48. The average molecular weight is 176 g/mol. The molecule has 3 heteroatoms. The van der Waals surface area contributed by atoms with E-state index in [2.05, 4.69) is 0 Å². The Balaban J connectivity index is 2.68. The van der Waals surface area contributed by atoms with Crippen LogP contribution in [-0.4, -0.2) is 11.0 Å². The van der Waals surface area contributed by atoms with Crippen LogP contribution >= 0.6 is 0 Å². The third-order valence-electron chi connectivity index (χ3n) is 2.51. The second-order valence-electron chi connectivity index (χ2n) is 3.70. The molecule has 0 radical (unpaired) electrons. The molecule has 2 rings (SSSR count). The van der Waals surface area contributed by atoms with E-state index in [9.17, 15) is 10.0 Å². The van der Waals surface area contributed by atoms with Gasteiger partial charge in [-0.05, 0) is 25.5 Å². The molecule has 1 amide bonds. The molecule has 0 aromatic heterocycles. The maximum absolute atomic E-state index is 11.5. The van der Waals surface area contributed by atoms with Crippen molar-refractivity contribution >= 4 is 5.91 Å². The van der Waals surface area contributed by atoms with Gasteiger partial charge < -0.3 is 10.3 Å². The van der Waals surface area contributed by atoms with Crippen LogP contribution in [0.5, 0.6) is 0 Å². The van der Waals surface area contributed by atoms with E-state index in [4.69, 9.17) is 0 Å². The van der Waals surface area contributed by atoms with Crippen LogP contribution in [0.4, 0.5) is 0 Å². The topological polar surface area (TPSA) is 43.4 Å². The summed E-state index contributed by atoms with van der Waals surface area (Å²) in [5.41, 5.74) is 0.630. The summed E-state index contributed by atoms with van der Waals surface area (Å²) >= 11 is 0. The Morgan fingerprint density at radius 1 is 1.31 bits per heavy atom. The normalized spacial score (nSPS) is 19.0. The number of carbonyl (C=O) groups excluding carboxylic acids is 1. The highest BCUT2D eigenvalue weighted by atomic mass is 16.5. The van der Waals surface area contributed by atoms with Crippen molar-refractivity contribution in [3.8, 4) is 0 Å². The molecular weight excluding hydrogens is 166 g/mol. The molecule has 0 saturated carbocycles. The summed E-state index contributed by atoms with van der Waals surface area (Å²) in [6.45, 7) is 3.51. The monoisotopic (exact) mass is 176 g/mol. The quantitative estimate of drug-likeness (QED) is 0.605. The largest absolute Gasteiger partial charge is 0.755 e. The third kappa shape index (κ3) is 0.906. The van der Waals surface area contributed by atoms with Crippen molar-refractivity contribution in [3.63, 3.8) is 0 Å². The first-order chi connectivity index (χ1) is 6.05. The van der Waals surface area contributed by atoms with Crippen LogP contribution in [-0.2, 0) is 5.54 Å². The van der Waals surface area contributed by atoms with E-state index in [1.165, 1.54) is 0 Å². The van der Waals surface area contributed by atoms with Crippen LogP contribution in [0.1, 0.15) is 29.8 Å². The van der Waals surface area contributed by atoms with Crippen LogP contribution < -0.4 is 0 Å². The van der Waals surface area contributed by atoms with Gasteiger partial charge in [-0.15, -0.1) is 0 Å². The molecule has 0 N–H and O–H groups in total. The minimum absolute atomic E-state index is 0.430. The van der Waals surface area contributed by atoms with Gasteiger partial charge in [0.2, 0.25) is 5.91 Å². The molecular formula is C10H10NO2-. The summed E-state index contributed by atoms with van der Waals surface area (Å²) in [5, 5.41) is 12.0. The van der Waals surface area contributed by atoms with Crippen molar-refractivity contribution in [1.29, 1.82) is 0 Å². The van der Waals surface area contributed by atoms with E-state index in [-0.39, 0.29) is 0 Å². The molecule has 1 aromatic carbocycles. The summed E-state index contributed by atoms with van der Waals surface area (Å²) in [5.74, 6) is -0.430. The Hall–Kier alpha value is -1.35. The fraction of sp³-hybridized carbons (Fsp3) is 0.300. The van der Waals surface area contributed by atoms with Crippen molar-refractivity contribution in [2.24, 2.45) is 0 Å². The van der Waals surface area contributed by atoms with Gasteiger partial charge in [0.25, 0.3) is 0 Å². The summed E-state index contributed by atoms with van der Waals surface area (Å²) in [6.07, 6.45) is 0. The zero-order valence-corrected chi connectivity index (χ0v) is 7.57. The number of carbonyl (C=O) groups is 1. The summed E-state index contributed by atoms with van der Waals surface area (Å²) in [7, 11) is 0. The van der Waals surface area contributed by atoms with Gasteiger partial charge in [0.15, 0.2) is 0 Å². The van der Waals surface area contributed by atoms with Gasteiger partial charge in [-0.2, -0.15) is 0 Å². The number of hydrogen-bond donors (Lipinski definition) is 0. The number of amides is 1. The Morgan fingerprint density at radius 3 is 2.54 bits per heavy atom. The van der Waals surface area contributed by atoms with E-state index in [0.29, 0.717) is 10.6 Å². The van der Waals surface area contributed by atoms with Crippen LogP contribution in [0, 0.1) is 5.21 Å². The molecule has 1 aliphatic rings. The van der Waals surface area contributed by atoms with Gasteiger partial charge in [-0.3, -0.25) is 4.79 Å². The predicted octanol–water partition coefficient (Wildman–Crippen LogP) is 1.88. The molecule has 68 valence electrons. The molecule has 1 aliphatic heterocycles. The predicted molar refractivity (Wildman–Crippen MR) is 49.0 cm³/mol. The van der Waals surface area contributed by atoms with Crippen molar-refractivity contribution < 1.29 is 4.79 Å². The SMILES string of the molecule is CC1(C)c2ccccc2C(=O)N1[O-]. The number of fused-ring (bicyclic) bond motifs is 1. The molecule has 0 atom stereocenters. The molecule has 0 spiro atoms. The number of benzene rings is 1. The molecule has 1 aromatic rings. The zero-order chi connectivity index (χ0) is 9.64. The zero-order valence-electron chi connectivity index (χ0n) is 7.57. The number of hydroxylamine groups is 2. The first-order valence-electron chi connectivity index (χ1n) is 4.16. The van der Waals surface area contributed by atoms with Crippen LogP contribution in [0.3, 0.4) is 0 Å². The van der Waals surface area contributed by atoms with Gasteiger partial charge in [0, 0.05) is 5.56 Å². The fourth-order valence-corrected chi connectivity index (χ4v) is 1.68.